The van der Waals surface area contributed by atoms with Crippen LogP contribution in [0.3, 0.4) is 0 Å². The summed E-state index contributed by atoms with van der Waals surface area (Å²) in [6.45, 7) is 4.23. The molecule has 1 N–H and O–H groups in total. The lowest BCUT2D eigenvalue weighted by Gasteiger charge is -2.26. The molecule has 2 heterocycles. The SMILES string of the molecule is CCCn1c(S[C@H](C)C(=O)N(C)[C@@H]2CCS(=O)(=O)C2)n[nH]c1=O. The minimum atomic E-state index is -3.03. The Balaban J connectivity index is 2.04. The summed E-state index contributed by atoms with van der Waals surface area (Å²) in [6.07, 6.45) is 1.26. The van der Waals surface area contributed by atoms with E-state index in [0.717, 1.165) is 6.42 Å². The first kappa shape index (κ1) is 18.1. The van der Waals surface area contributed by atoms with Crippen molar-refractivity contribution in [2.45, 2.75) is 49.7 Å². The van der Waals surface area contributed by atoms with Gasteiger partial charge in [0.2, 0.25) is 5.91 Å². The molecule has 1 aliphatic rings. The summed E-state index contributed by atoms with van der Waals surface area (Å²) in [7, 11) is -1.40. The Kier molecular flexibility index (Phi) is 5.56. The number of sulfone groups is 1. The van der Waals surface area contributed by atoms with Crippen molar-refractivity contribution in [2.75, 3.05) is 18.6 Å². The van der Waals surface area contributed by atoms with Crippen LogP contribution in [0.5, 0.6) is 0 Å². The number of amides is 1. The summed E-state index contributed by atoms with van der Waals surface area (Å²) in [5.41, 5.74) is -0.288. The number of rotatable bonds is 6. The van der Waals surface area contributed by atoms with Crippen molar-refractivity contribution >= 4 is 27.5 Å². The highest BCUT2D eigenvalue weighted by Crippen LogP contribution is 2.24. The van der Waals surface area contributed by atoms with E-state index in [1.165, 1.54) is 21.2 Å². The quantitative estimate of drug-likeness (QED) is 0.720. The van der Waals surface area contributed by atoms with Gasteiger partial charge < -0.3 is 4.90 Å². The average molecular weight is 362 g/mol. The molecule has 0 unspecified atom stereocenters. The van der Waals surface area contributed by atoms with E-state index in [-0.39, 0.29) is 29.1 Å². The lowest BCUT2D eigenvalue weighted by molar-refractivity contribution is -0.130. The van der Waals surface area contributed by atoms with Crippen LogP contribution < -0.4 is 5.69 Å². The number of carbonyl (C=O) groups excluding carboxylic acids is 1. The molecule has 10 heteroatoms. The minimum Gasteiger partial charge on any atom is -0.341 e. The molecular weight excluding hydrogens is 340 g/mol. The molecule has 130 valence electrons. The van der Waals surface area contributed by atoms with Crippen molar-refractivity contribution < 1.29 is 13.2 Å². The Morgan fingerprint density at radius 2 is 2.26 bits per heavy atom. The van der Waals surface area contributed by atoms with Gasteiger partial charge in [0, 0.05) is 19.6 Å². The minimum absolute atomic E-state index is 0.0234. The second-order valence-electron chi connectivity index (χ2n) is 5.73. The van der Waals surface area contributed by atoms with E-state index in [9.17, 15) is 18.0 Å². The van der Waals surface area contributed by atoms with E-state index in [1.54, 1.807) is 14.0 Å². The van der Waals surface area contributed by atoms with Gasteiger partial charge in [0.1, 0.15) is 0 Å². The molecule has 2 rings (SSSR count). The number of H-pyrrole nitrogens is 1. The Hall–Kier alpha value is -1.29. The number of nitrogens with zero attached hydrogens (tertiary/aromatic N) is 3. The van der Waals surface area contributed by atoms with Gasteiger partial charge in [0.25, 0.3) is 0 Å². The number of thioether (sulfide) groups is 1. The zero-order valence-electron chi connectivity index (χ0n) is 13.5. The number of hydrogen-bond donors (Lipinski definition) is 1. The molecule has 1 aliphatic heterocycles. The molecule has 0 bridgehead atoms. The van der Waals surface area contributed by atoms with Crippen LogP contribution in [-0.2, 0) is 21.2 Å². The van der Waals surface area contributed by atoms with Gasteiger partial charge in [-0.1, -0.05) is 18.7 Å². The molecule has 0 radical (unpaired) electrons. The van der Waals surface area contributed by atoms with Gasteiger partial charge in [-0.2, -0.15) is 0 Å². The number of carbonyl (C=O) groups is 1. The van der Waals surface area contributed by atoms with Crippen LogP contribution in [0.1, 0.15) is 26.7 Å². The summed E-state index contributed by atoms with van der Waals surface area (Å²) < 4.78 is 24.6. The maximum Gasteiger partial charge on any atom is 0.343 e. The first-order valence-corrected chi connectivity index (χ1v) is 10.2. The van der Waals surface area contributed by atoms with Crippen LogP contribution in [-0.4, -0.2) is 63.8 Å². The number of aromatic nitrogens is 3. The van der Waals surface area contributed by atoms with E-state index in [2.05, 4.69) is 10.2 Å². The van der Waals surface area contributed by atoms with E-state index in [4.69, 9.17) is 0 Å². The normalized spacial score (nSPS) is 21.3. The fourth-order valence-corrected chi connectivity index (χ4v) is 5.33. The van der Waals surface area contributed by atoms with Crippen molar-refractivity contribution in [1.82, 2.24) is 19.7 Å². The Bertz CT molecular complexity index is 725. The molecule has 8 nitrogen and oxygen atoms in total. The standard InChI is InChI=1S/C13H22N4O4S2/c1-4-6-17-12(19)14-15-13(17)22-9(2)11(18)16(3)10-5-7-23(20,21)8-10/h9-10H,4-8H2,1-3H3,(H,14,19)/t9-,10-/m1/s1. The van der Waals surface area contributed by atoms with Crippen LogP contribution in [0.25, 0.3) is 0 Å². The topological polar surface area (TPSA) is 105 Å². The van der Waals surface area contributed by atoms with Crippen molar-refractivity contribution in [1.29, 1.82) is 0 Å². The molecule has 0 saturated carbocycles. The molecular formula is C13H22N4O4S2. The molecule has 1 fully saturated rings. The van der Waals surface area contributed by atoms with E-state index >= 15 is 0 Å². The molecule has 1 aromatic heterocycles. The highest BCUT2D eigenvalue weighted by molar-refractivity contribution is 8.00. The molecule has 0 aliphatic carbocycles. The first-order chi connectivity index (χ1) is 10.7. The monoisotopic (exact) mass is 362 g/mol. The lowest BCUT2D eigenvalue weighted by atomic mass is 10.2. The Morgan fingerprint density at radius 3 is 2.83 bits per heavy atom. The van der Waals surface area contributed by atoms with Gasteiger partial charge in [-0.3, -0.25) is 9.36 Å². The van der Waals surface area contributed by atoms with Crippen molar-refractivity contribution in [3.8, 4) is 0 Å². The largest absolute Gasteiger partial charge is 0.343 e. The van der Waals surface area contributed by atoms with Gasteiger partial charge >= 0.3 is 5.69 Å². The predicted molar refractivity (Wildman–Crippen MR) is 88.3 cm³/mol. The molecule has 23 heavy (non-hydrogen) atoms. The highest BCUT2D eigenvalue weighted by atomic mass is 32.2. The van der Waals surface area contributed by atoms with Gasteiger partial charge in [0.05, 0.1) is 16.8 Å². The third-order valence-electron chi connectivity index (χ3n) is 3.90. The molecule has 1 amide bonds. The fourth-order valence-electron chi connectivity index (χ4n) is 2.57. The molecule has 1 aromatic rings. The first-order valence-electron chi connectivity index (χ1n) is 7.54. The zero-order valence-corrected chi connectivity index (χ0v) is 15.1. The van der Waals surface area contributed by atoms with Crippen LogP contribution in [0.15, 0.2) is 9.95 Å². The summed E-state index contributed by atoms with van der Waals surface area (Å²) in [5.74, 6) is -0.00230. The summed E-state index contributed by atoms with van der Waals surface area (Å²) >= 11 is 1.21. The van der Waals surface area contributed by atoms with Crippen LogP contribution >= 0.6 is 11.8 Å². The van der Waals surface area contributed by atoms with Crippen molar-refractivity contribution in [2.24, 2.45) is 0 Å². The summed E-state index contributed by atoms with van der Waals surface area (Å²) in [6, 6.07) is -0.271. The van der Waals surface area contributed by atoms with Crippen molar-refractivity contribution in [3.05, 3.63) is 10.5 Å². The molecule has 0 aromatic carbocycles. The maximum atomic E-state index is 12.5. The van der Waals surface area contributed by atoms with E-state index in [1.807, 2.05) is 6.92 Å². The van der Waals surface area contributed by atoms with Crippen LogP contribution in [0.4, 0.5) is 0 Å². The van der Waals surface area contributed by atoms with Gasteiger partial charge in [-0.15, -0.1) is 5.10 Å². The smallest absolute Gasteiger partial charge is 0.341 e. The van der Waals surface area contributed by atoms with E-state index < -0.39 is 15.1 Å². The number of hydrogen-bond acceptors (Lipinski definition) is 6. The maximum absolute atomic E-state index is 12.5. The second-order valence-corrected chi connectivity index (χ2v) is 9.27. The van der Waals surface area contributed by atoms with Gasteiger partial charge in [0.15, 0.2) is 15.0 Å². The molecule has 0 spiro atoms. The Morgan fingerprint density at radius 1 is 1.57 bits per heavy atom. The number of aromatic amines is 1. The fraction of sp³-hybridized carbons (Fsp3) is 0.769. The van der Waals surface area contributed by atoms with Gasteiger partial charge in [-0.05, 0) is 19.8 Å². The highest BCUT2D eigenvalue weighted by Gasteiger charge is 2.34. The van der Waals surface area contributed by atoms with Crippen LogP contribution in [0.2, 0.25) is 0 Å². The zero-order chi connectivity index (χ0) is 17.2. The summed E-state index contributed by atoms with van der Waals surface area (Å²) in [5, 5.41) is 6.38. The van der Waals surface area contributed by atoms with Crippen LogP contribution in [0, 0.1) is 0 Å². The average Bonchev–Trinajstić information content (AvgIpc) is 3.02. The second kappa shape index (κ2) is 7.08. The summed E-state index contributed by atoms with van der Waals surface area (Å²) in [4.78, 5) is 25.7. The Labute approximate surface area is 139 Å². The van der Waals surface area contributed by atoms with Crippen molar-refractivity contribution in [3.63, 3.8) is 0 Å². The third-order valence-corrected chi connectivity index (χ3v) is 6.73. The predicted octanol–water partition coefficient (Wildman–Crippen LogP) is 0.108. The van der Waals surface area contributed by atoms with Gasteiger partial charge in [-0.25, -0.2) is 18.3 Å². The lowest BCUT2D eigenvalue weighted by Crippen LogP contribution is -2.41. The molecule has 1 saturated heterocycles. The van der Waals surface area contributed by atoms with E-state index in [0.29, 0.717) is 18.1 Å². The number of nitrogens with one attached hydrogen (secondary N) is 1. The molecule has 2 atom stereocenters. The third kappa shape index (κ3) is 4.17.